The highest BCUT2D eigenvalue weighted by Crippen LogP contribution is 2.24. The Balaban J connectivity index is 1.43. The zero-order chi connectivity index (χ0) is 20.8. The first-order valence-corrected chi connectivity index (χ1v) is 10.3. The quantitative estimate of drug-likeness (QED) is 0.441. The zero-order valence-corrected chi connectivity index (χ0v) is 17.2. The van der Waals surface area contributed by atoms with E-state index in [1.54, 1.807) is 0 Å². The number of benzene rings is 3. The van der Waals surface area contributed by atoms with Gasteiger partial charge in [-0.05, 0) is 47.4 Å². The molecule has 4 rings (SSSR count). The van der Waals surface area contributed by atoms with Gasteiger partial charge in [0.25, 0.3) is 0 Å². The highest BCUT2D eigenvalue weighted by Gasteiger charge is 2.17. The molecule has 0 saturated heterocycles. The third-order valence-electron chi connectivity index (χ3n) is 4.94. The number of amides is 1. The predicted molar refractivity (Wildman–Crippen MR) is 120 cm³/mol. The van der Waals surface area contributed by atoms with E-state index in [1.807, 2.05) is 102 Å². The van der Waals surface area contributed by atoms with Gasteiger partial charge in [-0.15, -0.1) is 0 Å². The van der Waals surface area contributed by atoms with E-state index < -0.39 is 0 Å². The lowest BCUT2D eigenvalue weighted by Crippen LogP contribution is -2.29. The second-order valence-electron chi connectivity index (χ2n) is 7.09. The molecule has 1 amide bonds. The van der Waals surface area contributed by atoms with Crippen LogP contribution in [0.1, 0.15) is 29.2 Å². The Morgan fingerprint density at radius 1 is 0.900 bits per heavy atom. The van der Waals surface area contributed by atoms with Crippen molar-refractivity contribution in [1.82, 2.24) is 15.1 Å². The van der Waals surface area contributed by atoms with Gasteiger partial charge in [-0.1, -0.05) is 72.3 Å². The average molecular weight is 416 g/mol. The van der Waals surface area contributed by atoms with E-state index in [9.17, 15) is 4.79 Å². The summed E-state index contributed by atoms with van der Waals surface area (Å²) < 4.78 is 1.83. The van der Waals surface area contributed by atoms with Crippen LogP contribution in [0.15, 0.2) is 97.3 Å². The summed E-state index contributed by atoms with van der Waals surface area (Å²) in [4.78, 5) is 12.8. The van der Waals surface area contributed by atoms with Gasteiger partial charge in [-0.25, -0.2) is 4.68 Å². The third-order valence-corrected chi connectivity index (χ3v) is 5.19. The van der Waals surface area contributed by atoms with Crippen molar-refractivity contribution < 1.29 is 4.79 Å². The van der Waals surface area contributed by atoms with Gasteiger partial charge < -0.3 is 5.32 Å². The number of aromatic nitrogens is 2. The van der Waals surface area contributed by atoms with Crippen molar-refractivity contribution in [2.75, 3.05) is 0 Å². The second kappa shape index (κ2) is 9.42. The molecule has 5 heteroatoms. The van der Waals surface area contributed by atoms with E-state index in [4.69, 9.17) is 11.6 Å². The molecule has 150 valence electrons. The Morgan fingerprint density at radius 3 is 2.23 bits per heavy atom. The molecule has 0 aliphatic rings. The molecule has 0 bridgehead atoms. The molecule has 4 aromatic rings. The summed E-state index contributed by atoms with van der Waals surface area (Å²) in [5, 5.41) is 8.24. The maximum absolute atomic E-state index is 12.8. The first-order valence-electron chi connectivity index (χ1n) is 9.88. The average Bonchev–Trinajstić information content (AvgIpc) is 3.27. The van der Waals surface area contributed by atoms with Crippen LogP contribution in [0.4, 0.5) is 0 Å². The van der Waals surface area contributed by atoms with E-state index in [1.165, 1.54) is 0 Å². The van der Waals surface area contributed by atoms with Crippen LogP contribution in [0.5, 0.6) is 0 Å². The van der Waals surface area contributed by atoms with Crippen LogP contribution in [0.3, 0.4) is 0 Å². The summed E-state index contributed by atoms with van der Waals surface area (Å²) in [7, 11) is 0. The van der Waals surface area contributed by atoms with Crippen LogP contribution < -0.4 is 5.32 Å². The van der Waals surface area contributed by atoms with E-state index in [0.717, 1.165) is 22.4 Å². The molecular weight excluding hydrogens is 394 g/mol. The van der Waals surface area contributed by atoms with Gasteiger partial charge >= 0.3 is 0 Å². The molecule has 4 nitrogen and oxygen atoms in total. The Morgan fingerprint density at radius 2 is 1.53 bits per heavy atom. The topological polar surface area (TPSA) is 46.9 Å². The van der Waals surface area contributed by atoms with Gasteiger partial charge in [0.2, 0.25) is 5.91 Å². The van der Waals surface area contributed by atoms with Gasteiger partial charge in [-0.3, -0.25) is 4.79 Å². The standard InChI is InChI=1S/C25H22ClN3O/c26-22-14-12-21(13-15-22)25(20-7-3-1-4-8-20)28-24(30)16-11-19-17-27-29(18-19)23-9-5-2-6-10-23/h1-10,12-15,17-18,25H,11,16H2,(H,28,30). The van der Waals surface area contributed by atoms with Crippen LogP contribution in [0.2, 0.25) is 5.02 Å². The molecule has 0 aliphatic heterocycles. The molecular formula is C25H22ClN3O. The Bertz CT molecular complexity index is 1090. The summed E-state index contributed by atoms with van der Waals surface area (Å²) in [5.74, 6) is -0.00809. The van der Waals surface area contributed by atoms with Crippen LogP contribution in [0, 0.1) is 0 Å². The SMILES string of the molecule is O=C(CCc1cnn(-c2ccccc2)c1)NC(c1ccccc1)c1ccc(Cl)cc1. The largest absolute Gasteiger partial charge is 0.345 e. The van der Waals surface area contributed by atoms with Crippen LogP contribution in [-0.2, 0) is 11.2 Å². The van der Waals surface area contributed by atoms with E-state index in [2.05, 4.69) is 10.4 Å². The zero-order valence-electron chi connectivity index (χ0n) is 16.4. The second-order valence-corrected chi connectivity index (χ2v) is 7.53. The number of carbonyl (C=O) groups is 1. The minimum absolute atomic E-state index is 0.00809. The van der Waals surface area contributed by atoms with Crippen LogP contribution >= 0.6 is 11.6 Å². The van der Waals surface area contributed by atoms with Crippen molar-refractivity contribution in [3.05, 3.63) is 119 Å². The third kappa shape index (κ3) is 4.97. The molecule has 0 spiro atoms. The number of halogens is 1. The van der Waals surface area contributed by atoms with Crippen LogP contribution in [0.25, 0.3) is 5.69 Å². The molecule has 0 aliphatic carbocycles. The lowest BCUT2D eigenvalue weighted by atomic mass is 9.98. The van der Waals surface area contributed by atoms with Crippen molar-refractivity contribution in [1.29, 1.82) is 0 Å². The fourth-order valence-electron chi connectivity index (χ4n) is 3.36. The molecule has 1 N–H and O–H groups in total. The smallest absolute Gasteiger partial charge is 0.221 e. The van der Waals surface area contributed by atoms with Gasteiger partial charge in [0.15, 0.2) is 0 Å². The number of nitrogens with zero attached hydrogens (tertiary/aromatic N) is 2. The molecule has 0 fully saturated rings. The minimum Gasteiger partial charge on any atom is -0.345 e. The van der Waals surface area contributed by atoms with Crippen molar-refractivity contribution in [2.45, 2.75) is 18.9 Å². The van der Waals surface area contributed by atoms with Gasteiger partial charge in [0.05, 0.1) is 17.9 Å². The van der Waals surface area contributed by atoms with Crippen molar-refractivity contribution in [3.63, 3.8) is 0 Å². The summed E-state index contributed by atoms with van der Waals surface area (Å²) in [5.41, 5.74) is 4.05. The highest BCUT2D eigenvalue weighted by atomic mass is 35.5. The first-order chi connectivity index (χ1) is 14.7. The Labute approximate surface area is 181 Å². The van der Waals surface area contributed by atoms with Crippen LogP contribution in [-0.4, -0.2) is 15.7 Å². The van der Waals surface area contributed by atoms with Gasteiger partial charge in [0, 0.05) is 17.6 Å². The predicted octanol–water partition coefficient (Wildman–Crippen LogP) is 5.36. The highest BCUT2D eigenvalue weighted by molar-refractivity contribution is 6.30. The molecule has 1 unspecified atom stereocenters. The maximum atomic E-state index is 12.8. The van der Waals surface area contributed by atoms with Crippen molar-refractivity contribution >= 4 is 17.5 Å². The number of nitrogens with one attached hydrogen (secondary N) is 1. The van der Waals surface area contributed by atoms with Crippen molar-refractivity contribution in [2.24, 2.45) is 0 Å². The van der Waals surface area contributed by atoms with Crippen molar-refractivity contribution in [3.8, 4) is 5.69 Å². The molecule has 1 aromatic heterocycles. The molecule has 30 heavy (non-hydrogen) atoms. The summed E-state index contributed by atoms with van der Waals surface area (Å²) >= 11 is 6.04. The Kier molecular flexibility index (Phi) is 6.26. The fraction of sp³-hybridized carbons (Fsp3) is 0.120. The first kappa shape index (κ1) is 19.9. The fourth-order valence-corrected chi connectivity index (χ4v) is 3.49. The number of para-hydroxylation sites is 1. The van der Waals surface area contributed by atoms with E-state index in [-0.39, 0.29) is 11.9 Å². The van der Waals surface area contributed by atoms with E-state index in [0.29, 0.717) is 17.9 Å². The molecule has 3 aromatic carbocycles. The minimum atomic E-state index is -0.219. The number of rotatable bonds is 7. The van der Waals surface area contributed by atoms with Gasteiger partial charge in [-0.2, -0.15) is 5.10 Å². The monoisotopic (exact) mass is 415 g/mol. The molecule has 1 atom stereocenters. The number of carbonyl (C=O) groups excluding carboxylic acids is 1. The summed E-state index contributed by atoms with van der Waals surface area (Å²) in [6, 6.07) is 27.2. The van der Waals surface area contributed by atoms with E-state index >= 15 is 0 Å². The Hall–Kier alpha value is -3.37. The lowest BCUT2D eigenvalue weighted by molar-refractivity contribution is -0.121. The molecule has 0 radical (unpaired) electrons. The normalized spacial score (nSPS) is 11.8. The van der Waals surface area contributed by atoms with Gasteiger partial charge in [0.1, 0.15) is 0 Å². The summed E-state index contributed by atoms with van der Waals surface area (Å²) in [6.45, 7) is 0. The number of hydrogen-bond acceptors (Lipinski definition) is 2. The summed E-state index contributed by atoms with van der Waals surface area (Å²) in [6.07, 6.45) is 4.79. The lowest BCUT2D eigenvalue weighted by Gasteiger charge is -2.20. The maximum Gasteiger partial charge on any atom is 0.221 e. The number of hydrogen-bond donors (Lipinski definition) is 1. The molecule has 0 saturated carbocycles. The molecule has 1 heterocycles. The number of aryl methyl sites for hydroxylation is 1.